The maximum Gasteiger partial charge on any atom is 0.228 e. The number of thioether (sulfide) groups is 1. The summed E-state index contributed by atoms with van der Waals surface area (Å²) in [5, 5.41) is 8.39. The fourth-order valence-corrected chi connectivity index (χ4v) is 4.17. The molecule has 106 valence electrons. The summed E-state index contributed by atoms with van der Waals surface area (Å²) in [5.41, 5.74) is 0. The third-order valence-electron chi connectivity index (χ3n) is 4.09. The molecule has 1 unspecified atom stereocenters. The maximum atomic E-state index is 5.35. The average Bonchev–Trinajstić information content (AvgIpc) is 3.10. The summed E-state index contributed by atoms with van der Waals surface area (Å²) < 4.78 is 5.35. The van der Waals surface area contributed by atoms with Crippen molar-refractivity contribution in [2.75, 3.05) is 6.54 Å². The van der Waals surface area contributed by atoms with E-state index >= 15 is 0 Å². The van der Waals surface area contributed by atoms with Gasteiger partial charge in [-0.05, 0) is 32.2 Å². The van der Waals surface area contributed by atoms with E-state index < -0.39 is 0 Å². The Morgan fingerprint density at radius 2 is 2.05 bits per heavy atom. The molecule has 2 aliphatic rings. The second kappa shape index (κ2) is 6.75. The van der Waals surface area contributed by atoms with Crippen LogP contribution >= 0.6 is 11.8 Å². The lowest BCUT2D eigenvalue weighted by atomic mass is 10.0. The molecule has 2 heterocycles. The second-order valence-electron chi connectivity index (χ2n) is 5.67. The smallest absolute Gasteiger partial charge is 0.228 e. The molecular formula is C14H23N3OS. The van der Waals surface area contributed by atoms with Crippen LogP contribution in [0.25, 0.3) is 0 Å². The van der Waals surface area contributed by atoms with Crippen LogP contribution in [-0.4, -0.2) is 28.0 Å². The van der Waals surface area contributed by atoms with E-state index in [-0.39, 0.29) is 0 Å². The van der Waals surface area contributed by atoms with E-state index in [0.29, 0.717) is 6.04 Å². The monoisotopic (exact) mass is 281 g/mol. The molecule has 2 fully saturated rings. The molecule has 0 aromatic carbocycles. The quantitative estimate of drug-likeness (QED) is 0.899. The predicted molar refractivity (Wildman–Crippen MR) is 77.2 cm³/mol. The Bertz CT molecular complexity index is 384. The van der Waals surface area contributed by atoms with E-state index in [0.717, 1.165) is 35.7 Å². The van der Waals surface area contributed by atoms with Gasteiger partial charge in [0.1, 0.15) is 0 Å². The van der Waals surface area contributed by atoms with E-state index in [9.17, 15) is 0 Å². The fraction of sp³-hybridized carbons (Fsp3) is 0.857. The first kappa shape index (κ1) is 13.4. The largest absolute Gasteiger partial charge is 0.339 e. The Kier molecular flexibility index (Phi) is 4.77. The second-order valence-corrected chi connectivity index (χ2v) is 6.96. The lowest BCUT2D eigenvalue weighted by Crippen LogP contribution is -2.23. The van der Waals surface area contributed by atoms with Crippen LogP contribution in [0, 0.1) is 0 Å². The zero-order valence-electron chi connectivity index (χ0n) is 11.4. The summed E-state index contributed by atoms with van der Waals surface area (Å²) in [7, 11) is 0. The molecule has 19 heavy (non-hydrogen) atoms. The van der Waals surface area contributed by atoms with Gasteiger partial charge in [0, 0.05) is 17.7 Å². The summed E-state index contributed by atoms with van der Waals surface area (Å²) in [5.74, 6) is 2.59. The van der Waals surface area contributed by atoms with Gasteiger partial charge in [0.2, 0.25) is 5.89 Å². The Hall–Kier alpha value is -0.550. The van der Waals surface area contributed by atoms with E-state index in [1.54, 1.807) is 0 Å². The molecule has 4 nitrogen and oxygen atoms in total. The molecule has 1 aromatic heterocycles. The van der Waals surface area contributed by atoms with Crippen LogP contribution in [0.5, 0.6) is 0 Å². The SMILES string of the molecule is C1CCC(SCc2noc(CC3CCCN3)n2)CC1. The first-order valence-electron chi connectivity index (χ1n) is 7.56. The van der Waals surface area contributed by atoms with E-state index in [1.807, 2.05) is 11.8 Å². The minimum atomic E-state index is 0.541. The van der Waals surface area contributed by atoms with Crippen molar-refractivity contribution in [3.8, 4) is 0 Å². The summed E-state index contributed by atoms with van der Waals surface area (Å²) in [6.45, 7) is 1.13. The van der Waals surface area contributed by atoms with Crippen molar-refractivity contribution in [2.45, 2.75) is 68.4 Å². The first-order valence-corrected chi connectivity index (χ1v) is 8.61. The summed E-state index contributed by atoms with van der Waals surface area (Å²) >= 11 is 2.01. The molecule has 1 atom stereocenters. The number of hydrogen-bond donors (Lipinski definition) is 1. The van der Waals surface area contributed by atoms with Crippen LogP contribution in [0.4, 0.5) is 0 Å². The average molecular weight is 281 g/mol. The minimum absolute atomic E-state index is 0.541. The zero-order valence-corrected chi connectivity index (χ0v) is 12.3. The molecule has 1 aromatic rings. The van der Waals surface area contributed by atoms with Gasteiger partial charge in [0.15, 0.2) is 5.82 Å². The third-order valence-corrected chi connectivity index (χ3v) is 5.46. The maximum absolute atomic E-state index is 5.35. The zero-order chi connectivity index (χ0) is 12.9. The highest BCUT2D eigenvalue weighted by Crippen LogP contribution is 2.29. The molecule has 3 rings (SSSR count). The number of nitrogens with zero attached hydrogens (tertiary/aromatic N) is 2. The highest BCUT2D eigenvalue weighted by Gasteiger charge is 2.19. The van der Waals surface area contributed by atoms with Crippen molar-refractivity contribution in [2.24, 2.45) is 0 Å². The number of rotatable bonds is 5. The predicted octanol–water partition coefficient (Wildman–Crippen LogP) is 2.93. The standard InChI is InChI=1S/C14H23N3OS/c1-2-6-12(7-3-1)19-10-13-16-14(18-17-13)9-11-5-4-8-15-11/h11-12,15H,1-10H2. The van der Waals surface area contributed by atoms with Crippen LogP contribution in [0.3, 0.4) is 0 Å². The summed E-state index contributed by atoms with van der Waals surface area (Å²) in [4.78, 5) is 4.52. The lowest BCUT2D eigenvalue weighted by molar-refractivity contribution is 0.361. The molecule has 1 saturated carbocycles. The highest BCUT2D eigenvalue weighted by atomic mass is 32.2. The van der Waals surface area contributed by atoms with Crippen LogP contribution < -0.4 is 5.32 Å². The summed E-state index contributed by atoms with van der Waals surface area (Å²) in [6.07, 6.45) is 10.3. The molecule has 0 amide bonds. The third kappa shape index (κ3) is 3.96. The van der Waals surface area contributed by atoms with Gasteiger partial charge in [-0.1, -0.05) is 24.4 Å². The van der Waals surface area contributed by atoms with Gasteiger partial charge in [0.05, 0.1) is 5.75 Å². The van der Waals surface area contributed by atoms with Gasteiger partial charge in [0.25, 0.3) is 0 Å². The van der Waals surface area contributed by atoms with Gasteiger partial charge in [-0.15, -0.1) is 0 Å². The molecule has 1 aliphatic heterocycles. The minimum Gasteiger partial charge on any atom is -0.339 e. The number of hydrogen-bond acceptors (Lipinski definition) is 5. The first-order chi connectivity index (χ1) is 9.40. The molecular weight excluding hydrogens is 258 g/mol. The van der Waals surface area contributed by atoms with Crippen LogP contribution in [-0.2, 0) is 12.2 Å². The Morgan fingerprint density at radius 3 is 2.84 bits per heavy atom. The number of nitrogens with one attached hydrogen (secondary N) is 1. The van der Waals surface area contributed by atoms with Crippen molar-refractivity contribution < 1.29 is 4.52 Å². The van der Waals surface area contributed by atoms with Crippen molar-refractivity contribution in [1.82, 2.24) is 15.5 Å². The number of aromatic nitrogens is 2. The molecule has 1 aliphatic carbocycles. The molecule has 1 N–H and O–H groups in total. The van der Waals surface area contributed by atoms with Crippen LogP contribution in [0.1, 0.15) is 56.7 Å². The lowest BCUT2D eigenvalue weighted by Gasteiger charge is -2.19. The Labute approximate surface area is 119 Å². The highest BCUT2D eigenvalue weighted by molar-refractivity contribution is 7.99. The Morgan fingerprint density at radius 1 is 1.16 bits per heavy atom. The molecule has 0 bridgehead atoms. The van der Waals surface area contributed by atoms with Gasteiger partial charge in [-0.2, -0.15) is 16.7 Å². The molecule has 1 saturated heterocycles. The van der Waals surface area contributed by atoms with E-state index in [4.69, 9.17) is 4.52 Å². The van der Waals surface area contributed by atoms with Crippen molar-refractivity contribution in [3.05, 3.63) is 11.7 Å². The van der Waals surface area contributed by atoms with Crippen molar-refractivity contribution in [1.29, 1.82) is 0 Å². The topological polar surface area (TPSA) is 51.0 Å². The van der Waals surface area contributed by atoms with Crippen molar-refractivity contribution in [3.63, 3.8) is 0 Å². The molecule has 0 radical (unpaired) electrons. The van der Waals surface area contributed by atoms with E-state index in [2.05, 4.69) is 15.5 Å². The van der Waals surface area contributed by atoms with Crippen LogP contribution in [0.15, 0.2) is 4.52 Å². The van der Waals surface area contributed by atoms with Gasteiger partial charge in [-0.25, -0.2) is 0 Å². The molecule has 5 heteroatoms. The van der Waals surface area contributed by atoms with Gasteiger partial charge in [-0.3, -0.25) is 0 Å². The molecule has 0 spiro atoms. The van der Waals surface area contributed by atoms with Gasteiger partial charge < -0.3 is 9.84 Å². The van der Waals surface area contributed by atoms with E-state index in [1.165, 1.54) is 44.9 Å². The van der Waals surface area contributed by atoms with Gasteiger partial charge >= 0.3 is 0 Å². The Balaban J connectivity index is 1.44. The fourth-order valence-electron chi connectivity index (χ4n) is 3.00. The summed E-state index contributed by atoms with van der Waals surface area (Å²) in [6, 6.07) is 0.541. The van der Waals surface area contributed by atoms with Crippen LogP contribution in [0.2, 0.25) is 0 Å². The van der Waals surface area contributed by atoms with Crippen molar-refractivity contribution >= 4 is 11.8 Å². The normalized spacial score (nSPS) is 24.9.